The first kappa shape index (κ1) is 17.5. The summed E-state index contributed by atoms with van der Waals surface area (Å²) in [5.74, 6) is 1.26. The van der Waals surface area contributed by atoms with Crippen molar-refractivity contribution in [3.05, 3.63) is 53.6 Å². The minimum atomic E-state index is -0.0245. The second-order valence-electron chi connectivity index (χ2n) is 6.55. The Labute approximate surface area is 149 Å². The molecule has 1 aliphatic heterocycles. The lowest BCUT2D eigenvalue weighted by atomic mass is 9.99. The van der Waals surface area contributed by atoms with Crippen LogP contribution in [0.3, 0.4) is 0 Å². The van der Waals surface area contributed by atoms with Crippen molar-refractivity contribution >= 4 is 5.91 Å². The third-order valence-electron chi connectivity index (χ3n) is 4.70. The molecule has 0 bridgehead atoms. The van der Waals surface area contributed by atoms with Crippen molar-refractivity contribution in [2.75, 3.05) is 26.9 Å². The summed E-state index contributed by atoms with van der Waals surface area (Å²) in [5.41, 5.74) is 4.07. The molecule has 4 nitrogen and oxygen atoms in total. The molecule has 25 heavy (non-hydrogen) atoms. The highest BCUT2D eigenvalue weighted by atomic mass is 16.5. The molecule has 1 N–H and O–H groups in total. The number of methoxy groups -OCH3 is 1. The van der Waals surface area contributed by atoms with Crippen LogP contribution in [0, 0.1) is 12.8 Å². The summed E-state index contributed by atoms with van der Waals surface area (Å²) in [7, 11) is 1.67. The Hall–Kier alpha value is -2.33. The number of hydrogen-bond donors (Lipinski definition) is 1. The molecule has 1 saturated heterocycles. The number of ether oxygens (including phenoxy) is 2. The first-order chi connectivity index (χ1) is 12.2. The van der Waals surface area contributed by atoms with Crippen LogP contribution in [-0.2, 0) is 4.74 Å². The SMILES string of the molecule is COc1ccc(-c2ccc(C(=O)NC[C@H]3CCCOC3)cc2)c(C)c1. The average molecular weight is 339 g/mol. The third-order valence-corrected chi connectivity index (χ3v) is 4.70. The van der Waals surface area contributed by atoms with Crippen LogP contribution in [-0.4, -0.2) is 32.8 Å². The first-order valence-corrected chi connectivity index (χ1v) is 8.78. The van der Waals surface area contributed by atoms with E-state index in [0.717, 1.165) is 48.5 Å². The van der Waals surface area contributed by atoms with Gasteiger partial charge in [-0.3, -0.25) is 4.79 Å². The van der Waals surface area contributed by atoms with Crippen molar-refractivity contribution in [1.82, 2.24) is 5.32 Å². The Balaban J connectivity index is 1.64. The fourth-order valence-corrected chi connectivity index (χ4v) is 3.20. The fourth-order valence-electron chi connectivity index (χ4n) is 3.20. The van der Waals surface area contributed by atoms with Gasteiger partial charge in [0.15, 0.2) is 0 Å². The molecular formula is C21H25NO3. The van der Waals surface area contributed by atoms with Crippen LogP contribution in [0.1, 0.15) is 28.8 Å². The number of carbonyl (C=O) groups excluding carboxylic acids is 1. The van der Waals surface area contributed by atoms with E-state index in [1.165, 1.54) is 0 Å². The summed E-state index contributed by atoms with van der Waals surface area (Å²) in [6.07, 6.45) is 2.20. The first-order valence-electron chi connectivity index (χ1n) is 8.78. The summed E-state index contributed by atoms with van der Waals surface area (Å²) in [6.45, 7) is 4.33. The van der Waals surface area contributed by atoms with Crippen LogP contribution in [0.4, 0.5) is 0 Å². The topological polar surface area (TPSA) is 47.6 Å². The summed E-state index contributed by atoms with van der Waals surface area (Å²) >= 11 is 0. The molecule has 1 fully saturated rings. The summed E-state index contributed by atoms with van der Waals surface area (Å²) < 4.78 is 10.7. The van der Waals surface area contributed by atoms with Gasteiger partial charge in [0.25, 0.3) is 5.91 Å². The number of benzene rings is 2. The van der Waals surface area contributed by atoms with Crippen LogP contribution < -0.4 is 10.1 Å². The predicted octanol–water partition coefficient (Wildman–Crippen LogP) is 3.83. The van der Waals surface area contributed by atoms with Crippen molar-refractivity contribution in [3.8, 4) is 16.9 Å². The van der Waals surface area contributed by atoms with Gasteiger partial charge in [-0.25, -0.2) is 0 Å². The quantitative estimate of drug-likeness (QED) is 0.901. The molecule has 132 valence electrons. The fraction of sp³-hybridized carbons (Fsp3) is 0.381. The van der Waals surface area contributed by atoms with Crippen LogP contribution in [0.2, 0.25) is 0 Å². The molecule has 1 heterocycles. The van der Waals surface area contributed by atoms with E-state index in [-0.39, 0.29) is 5.91 Å². The molecule has 0 unspecified atom stereocenters. The number of amides is 1. The van der Waals surface area contributed by atoms with Crippen LogP contribution in [0.25, 0.3) is 11.1 Å². The van der Waals surface area contributed by atoms with E-state index < -0.39 is 0 Å². The summed E-state index contributed by atoms with van der Waals surface area (Å²) in [6, 6.07) is 13.8. The molecule has 0 aromatic heterocycles. The molecule has 2 aromatic carbocycles. The maximum Gasteiger partial charge on any atom is 0.251 e. The van der Waals surface area contributed by atoms with E-state index in [1.807, 2.05) is 42.5 Å². The maximum absolute atomic E-state index is 12.3. The smallest absolute Gasteiger partial charge is 0.251 e. The van der Waals surface area contributed by atoms with Gasteiger partial charge in [0.05, 0.1) is 13.7 Å². The van der Waals surface area contributed by atoms with Gasteiger partial charge in [-0.05, 0) is 66.6 Å². The van der Waals surface area contributed by atoms with Gasteiger partial charge in [-0.15, -0.1) is 0 Å². The largest absolute Gasteiger partial charge is 0.497 e. The van der Waals surface area contributed by atoms with Crippen molar-refractivity contribution in [3.63, 3.8) is 0 Å². The van der Waals surface area contributed by atoms with Gasteiger partial charge in [-0.1, -0.05) is 18.2 Å². The van der Waals surface area contributed by atoms with Crippen LogP contribution in [0.15, 0.2) is 42.5 Å². The molecule has 1 amide bonds. The van der Waals surface area contributed by atoms with Crippen LogP contribution in [0.5, 0.6) is 5.75 Å². The molecular weight excluding hydrogens is 314 g/mol. The van der Waals surface area contributed by atoms with E-state index in [1.54, 1.807) is 7.11 Å². The molecule has 4 heteroatoms. The van der Waals surface area contributed by atoms with Gasteiger partial charge in [0.2, 0.25) is 0 Å². The van der Waals surface area contributed by atoms with E-state index in [2.05, 4.69) is 12.2 Å². The zero-order valence-corrected chi connectivity index (χ0v) is 14.9. The molecule has 0 spiro atoms. The lowest BCUT2D eigenvalue weighted by Crippen LogP contribution is -2.33. The van der Waals surface area contributed by atoms with Crippen molar-refractivity contribution in [2.24, 2.45) is 5.92 Å². The van der Waals surface area contributed by atoms with Crippen molar-refractivity contribution in [1.29, 1.82) is 0 Å². The zero-order chi connectivity index (χ0) is 17.6. The minimum Gasteiger partial charge on any atom is -0.497 e. The van der Waals surface area contributed by atoms with E-state index in [9.17, 15) is 4.79 Å². The summed E-state index contributed by atoms with van der Waals surface area (Å²) in [4.78, 5) is 12.3. The van der Waals surface area contributed by atoms with Gasteiger partial charge >= 0.3 is 0 Å². The van der Waals surface area contributed by atoms with Gasteiger partial charge in [-0.2, -0.15) is 0 Å². The third kappa shape index (κ3) is 4.40. The molecule has 1 atom stereocenters. The highest BCUT2D eigenvalue weighted by Gasteiger charge is 2.15. The average Bonchev–Trinajstić information content (AvgIpc) is 2.67. The second kappa shape index (κ2) is 8.17. The number of hydrogen-bond acceptors (Lipinski definition) is 3. The predicted molar refractivity (Wildman–Crippen MR) is 99.0 cm³/mol. The monoisotopic (exact) mass is 339 g/mol. The summed E-state index contributed by atoms with van der Waals surface area (Å²) in [5, 5.41) is 3.02. The lowest BCUT2D eigenvalue weighted by Gasteiger charge is -2.22. The van der Waals surface area contributed by atoms with E-state index in [4.69, 9.17) is 9.47 Å². The van der Waals surface area contributed by atoms with E-state index >= 15 is 0 Å². The highest BCUT2D eigenvalue weighted by molar-refractivity contribution is 5.94. The number of nitrogens with one attached hydrogen (secondary N) is 1. The molecule has 0 radical (unpaired) electrons. The molecule has 1 aliphatic rings. The standard InChI is InChI=1S/C21H25NO3/c1-15-12-19(24-2)9-10-20(15)17-5-7-18(8-6-17)21(23)22-13-16-4-3-11-25-14-16/h5-10,12,16H,3-4,11,13-14H2,1-2H3,(H,22,23)/t16-/m1/s1. The number of rotatable bonds is 5. The van der Waals surface area contributed by atoms with E-state index in [0.29, 0.717) is 18.0 Å². The Bertz CT molecular complexity index is 718. The minimum absolute atomic E-state index is 0.0245. The van der Waals surface area contributed by atoms with Gasteiger partial charge in [0, 0.05) is 18.7 Å². The lowest BCUT2D eigenvalue weighted by molar-refractivity contribution is 0.0536. The van der Waals surface area contributed by atoms with Crippen LogP contribution >= 0.6 is 0 Å². The Morgan fingerprint density at radius 1 is 1.24 bits per heavy atom. The van der Waals surface area contributed by atoms with Crippen molar-refractivity contribution < 1.29 is 14.3 Å². The van der Waals surface area contributed by atoms with Gasteiger partial charge < -0.3 is 14.8 Å². The number of carbonyl (C=O) groups is 1. The Kier molecular flexibility index (Phi) is 5.71. The van der Waals surface area contributed by atoms with Gasteiger partial charge in [0.1, 0.15) is 5.75 Å². The number of aryl methyl sites for hydroxylation is 1. The van der Waals surface area contributed by atoms with Crippen molar-refractivity contribution in [2.45, 2.75) is 19.8 Å². The molecule has 3 rings (SSSR count). The molecule has 0 aliphatic carbocycles. The molecule has 2 aromatic rings. The normalized spacial score (nSPS) is 17.1. The Morgan fingerprint density at radius 3 is 2.68 bits per heavy atom. The molecule has 0 saturated carbocycles. The second-order valence-corrected chi connectivity index (χ2v) is 6.55. The Morgan fingerprint density at radius 2 is 2.04 bits per heavy atom. The maximum atomic E-state index is 12.3. The highest BCUT2D eigenvalue weighted by Crippen LogP contribution is 2.27. The zero-order valence-electron chi connectivity index (χ0n) is 14.9.